The number of carbonyl (C=O) groups is 1. The Labute approximate surface area is 142 Å². The molecule has 124 valence electrons. The summed E-state index contributed by atoms with van der Waals surface area (Å²) in [6.45, 7) is 0.424. The number of imidazole rings is 1. The molecule has 2 aromatic carbocycles. The monoisotopic (exact) mass is 332 g/mol. The largest absolute Gasteiger partial charge is 0.350 e. The van der Waals surface area contributed by atoms with Crippen molar-refractivity contribution < 1.29 is 4.79 Å². The number of carbonyl (C=O) groups excluding carboxylic acids is 1. The van der Waals surface area contributed by atoms with Crippen LogP contribution in [0.3, 0.4) is 0 Å². The maximum atomic E-state index is 12.3. The highest BCUT2D eigenvalue weighted by Crippen LogP contribution is 2.11. The van der Waals surface area contributed by atoms with E-state index in [0.29, 0.717) is 18.4 Å². The van der Waals surface area contributed by atoms with E-state index in [4.69, 9.17) is 0 Å². The zero-order chi connectivity index (χ0) is 17.2. The van der Waals surface area contributed by atoms with E-state index in [1.165, 1.54) is 0 Å². The van der Waals surface area contributed by atoms with Gasteiger partial charge in [-0.2, -0.15) is 0 Å². The molecule has 0 aliphatic heterocycles. The third kappa shape index (κ3) is 3.01. The van der Waals surface area contributed by atoms with Crippen LogP contribution in [0.15, 0.2) is 59.4 Å². The van der Waals surface area contributed by atoms with Gasteiger partial charge < -0.3 is 15.3 Å². The summed E-state index contributed by atoms with van der Waals surface area (Å²) in [5, 5.41) is 4.13. The minimum Gasteiger partial charge on any atom is -0.350 e. The summed E-state index contributed by atoms with van der Waals surface area (Å²) in [6, 6.07) is 16.7. The molecule has 0 saturated carbocycles. The van der Waals surface area contributed by atoms with Crippen LogP contribution in [0.1, 0.15) is 16.3 Å². The van der Waals surface area contributed by atoms with Gasteiger partial charge in [0.15, 0.2) is 0 Å². The number of para-hydroxylation sites is 2. The lowest BCUT2D eigenvalue weighted by atomic mass is 10.1. The number of nitrogens with zero attached hydrogens (tertiary/aromatic N) is 1. The number of amides is 1. The molecule has 2 aromatic heterocycles. The normalized spacial score (nSPS) is 11.0. The van der Waals surface area contributed by atoms with Gasteiger partial charge in [0.25, 0.3) is 11.5 Å². The predicted molar refractivity (Wildman–Crippen MR) is 96.7 cm³/mol. The molecule has 0 bridgehead atoms. The van der Waals surface area contributed by atoms with E-state index < -0.39 is 0 Å². The van der Waals surface area contributed by atoms with Crippen molar-refractivity contribution in [1.29, 1.82) is 0 Å². The molecule has 1 amide bonds. The highest BCUT2D eigenvalue weighted by Gasteiger charge is 2.09. The fourth-order valence-corrected chi connectivity index (χ4v) is 2.85. The summed E-state index contributed by atoms with van der Waals surface area (Å²) in [7, 11) is 0. The predicted octanol–water partition coefficient (Wildman–Crippen LogP) is 2.38. The molecule has 0 fully saturated rings. The summed E-state index contributed by atoms with van der Waals surface area (Å²) < 4.78 is 0. The fraction of sp³-hybridized carbons (Fsp3) is 0.105. The first-order valence-electron chi connectivity index (χ1n) is 8.04. The second kappa shape index (κ2) is 6.24. The van der Waals surface area contributed by atoms with Crippen molar-refractivity contribution in [3.05, 3.63) is 76.5 Å². The molecule has 6 heteroatoms. The molecule has 0 unspecified atom stereocenters. The van der Waals surface area contributed by atoms with Crippen LogP contribution in [-0.2, 0) is 6.42 Å². The molecular weight excluding hydrogens is 316 g/mol. The van der Waals surface area contributed by atoms with Crippen LogP contribution in [0, 0.1) is 0 Å². The smallest absolute Gasteiger partial charge is 0.267 e. The first-order chi connectivity index (χ1) is 12.2. The van der Waals surface area contributed by atoms with E-state index in [0.717, 1.165) is 22.2 Å². The van der Waals surface area contributed by atoms with Crippen LogP contribution >= 0.6 is 0 Å². The zero-order valence-corrected chi connectivity index (χ0v) is 13.4. The van der Waals surface area contributed by atoms with Gasteiger partial charge in [0, 0.05) is 18.4 Å². The third-order valence-corrected chi connectivity index (χ3v) is 4.08. The van der Waals surface area contributed by atoms with E-state index in [2.05, 4.69) is 20.3 Å². The maximum absolute atomic E-state index is 12.3. The minimum absolute atomic E-state index is 0.258. The SMILES string of the molecule is O=C(NCCc1nc2ccccc2[nH]1)c1cc2ccccc2c(=O)[nH]1. The first kappa shape index (κ1) is 15.1. The first-order valence-corrected chi connectivity index (χ1v) is 8.04. The Morgan fingerprint density at radius 3 is 2.72 bits per heavy atom. The van der Waals surface area contributed by atoms with Gasteiger partial charge in [0.05, 0.1) is 11.0 Å². The lowest BCUT2D eigenvalue weighted by Crippen LogP contribution is -2.28. The molecule has 0 atom stereocenters. The molecule has 4 rings (SSSR count). The van der Waals surface area contributed by atoms with Gasteiger partial charge in [0.2, 0.25) is 0 Å². The molecule has 4 aromatic rings. The van der Waals surface area contributed by atoms with Crippen molar-refractivity contribution in [3.63, 3.8) is 0 Å². The number of benzene rings is 2. The van der Waals surface area contributed by atoms with Crippen LogP contribution < -0.4 is 10.9 Å². The summed E-state index contributed by atoms with van der Waals surface area (Å²) in [5.41, 5.74) is 1.87. The van der Waals surface area contributed by atoms with Crippen molar-refractivity contribution in [3.8, 4) is 0 Å². The number of aromatic nitrogens is 3. The van der Waals surface area contributed by atoms with E-state index in [9.17, 15) is 9.59 Å². The maximum Gasteiger partial charge on any atom is 0.267 e. The van der Waals surface area contributed by atoms with Gasteiger partial charge in [0.1, 0.15) is 11.5 Å². The Hall–Kier alpha value is -3.41. The second-order valence-corrected chi connectivity index (χ2v) is 5.81. The van der Waals surface area contributed by atoms with Gasteiger partial charge in [-0.15, -0.1) is 0 Å². The molecule has 2 heterocycles. The third-order valence-electron chi connectivity index (χ3n) is 4.08. The van der Waals surface area contributed by atoms with E-state index in [1.807, 2.05) is 36.4 Å². The van der Waals surface area contributed by atoms with Crippen LogP contribution in [0.2, 0.25) is 0 Å². The zero-order valence-electron chi connectivity index (χ0n) is 13.4. The highest BCUT2D eigenvalue weighted by atomic mass is 16.2. The van der Waals surface area contributed by atoms with Crippen molar-refractivity contribution in [1.82, 2.24) is 20.3 Å². The summed E-state index contributed by atoms with van der Waals surface area (Å²) in [4.78, 5) is 34.7. The number of hydrogen-bond donors (Lipinski definition) is 3. The Kier molecular flexibility index (Phi) is 3.78. The molecule has 0 saturated heterocycles. The summed E-state index contributed by atoms with van der Waals surface area (Å²) in [6.07, 6.45) is 0.582. The topological polar surface area (TPSA) is 90.6 Å². The van der Waals surface area contributed by atoms with Crippen molar-refractivity contribution in [2.75, 3.05) is 6.54 Å². The molecule has 0 aliphatic rings. The minimum atomic E-state index is -0.307. The van der Waals surface area contributed by atoms with Crippen molar-refractivity contribution >= 4 is 27.7 Å². The van der Waals surface area contributed by atoms with Gasteiger partial charge >= 0.3 is 0 Å². The van der Waals surface area contributed by atoms with Gasteiger partial charge in [-0.3, -0.25) is 9.59 Å². The fourth-order valence-electron chi connectivity index (χ4n) is 2.85. The van der Waals surface area contributed by atoms with Crippen LogP contribution in [0.25, 0.3) is 21.8 Å². The molecule has 6 nitrogen and oxygen atoms in total. The van der Waals surface area contributed by atoms with E-state index >= 15 is 0 Å². The average Bonchev–Trinajstić information content (AvgIpc) is 3.04. The summed E-state index contributed by atoms with van der Waals surface area (Å²) >= 11 is 0. The van der Waals surface area contributed by atoms with Gasteiger partial charge in [-0.05, 0) is 29.7 Å². The lowest BCUT2D eigenvalue weighted by molar-refractivity contribution is 0.0949. The molecule has 3 N–H and O–H groups in total. The molecule has 25 heavy (non-hydrogen) atoms. The number of nitrogens with one attached hydrogen (secondary N) is 3. The number of hydrogen-bond acceptors (Lipinski definition) is 3. The van der Waals surface area contributed by atoms with E-state index in [-0.39, 0.29) is 17.2 Å². The van der Waals surface area contributed by atoms with Crippen LogP contribution in [0.5, 0.6) is 0 Å². The molecular formula is C19H16N4O2. The van der Waals surface area contributed by atoms with Crippen molar-refractivity contribution in [2.45, 2.75) is 6.42 Å². The Balaban J connectivity index is 1.46. The number of pyridine rings is 1. The molecule has 0 radical (unpaired) electrons. The highest BCUT2D eigenvalue weighted by molar-refractivity contribution is 5.96. The lowest BCUT2D eigenvalue weighted by Gasteiger charge is -2.05. The van der Waals surface area contributed by atoms with Crippen LogP contribution in [0.4, 0.5) is 0 Å². The van der Waals surface area contributed by atoms with Crippen LogP contribution in [-0.4, -0.2) is 27.4 Å². The number of H-pyrrole nitrogens is 2. The number of rotatable bonds is 4. The Morgan fingerprint density at radius 2 is 1.84 bits per heavy atom. The second-order valence-electron chi connectivity index (χ2n) is 5.81. The standard InChI is InChI=1S/C19H16N4O2/c24-18-13-6-2-1-5-12(13)11-16(23-18)19(25)20-10-9-17-21-14-7-3-4-8-15(14)22-17/h1-8,11H,9-10H2,(H,20,25)(H,21,22)(H,23,24). The van der Waals surface area contributed by atoms with Gasteiger partial charge in [-0.1, -0.05) is 30.3 Å². The number of aromatic amines is 2. The van der Waals surface area contributed by atoms with Gasteiger partial charge in [-0.25, -0.2) is 4.98 Å². The van der Waals surface area contributed by atoms with Crippen molar-refractivity contribution in [2.24, 2.45) is 0 Å². The molecule has 0 spiro atoms. The number of fused-ring (bicyclic) bond motifs is 2. The Morgan fingerprint density at radius 1 is 1.04 bits per heavy atom. The van der Waals surface area contributed by atoms with E-state index in [1.54, 1.807) is 18.2 Å². The quantitative estimate of drug-likeness (QED) is 0.536. The summed E-state index contributed by atoms with van der Waals surface area (Å²) in [5.74, 6) is 0.507. The Bertz CT molecular complexity index is 1090. The average molecular weight is 332 g/mol. The molecule has 0 aliphatic carbocycles.